The number of aliphatic hydroxyl groups excluding tert-OH is 2. The van der Waals surface area contributed by atoms with Gasteiger partial charge in [-0.15, -0.1) is 11.3 Å². The highest BCUT2D eigenvalue weighted by atomic mass is 32.1. The van der Waals surface area contributed by atoms with Crippen LogP contribution in [0.5, 0.6) is 0 Å². The average molecular weight is 929 g/mol. The molecule has 0 amide bonds. The quantitative estimate of drug-likeness (QED) is 0.0547. The number of benzene rings is 4. The Hall–Kier alpha value is -7.83. The molecule has 0 spiro atoms. The molecule has 0 radical (unpaired) electrons. The molecule has 15 nitrogen and oxygen atoms in total. The number of carbonyl (C=O) groups is 3. The molecular weight excluding hydrogens is 877 g/mol. The maximum Gasteiger partial charge on any atom is 0.357 e. The zero-order valence-corrected chi connectivity index (χ0v) is 37.5. The van der Waals surface area contributed by atoms with Gasteiger partial charge in [0.2, 0.25) is 0 Å². The highest BCUT2D eigenvalue weighted by Crippen LogP contribution is 2.28. The first-order chi connectivity index (χ1) is 31.4. The number of fused-ring (bicyclic) bond motifs is 4. The number of nitrogens with two attached hydrogens (primary N) is 3. The van der Waals surface area contributed by atoms with E-state index in [0.717, 1.165) is 50.8 Å². The third-order valence-electron chi connectivity index (χ3n) is 8.37. The number of hydrogen-bond donors (Lipinski definition) is 6. The molecular formula is C49H52N8O7S2. The lowest BCUT2D eigenvalue weighted by Gasteiger charge is -2.02. The molecule has 9 N–H and O–H groups in total. The number of methoxy groups -OCH3 is 1. The van der Waals surface area contributed by atoms with Crippen molar-refractivity contribution in [1.29, 1.82) is 0 Å². The fourth-order valence-corrected chi connectivity index (χ4v) is 6.34. The molecule has 4 aromatic carbocycles. The number of carboxylic acid groups (broad SMARTS) is 1. The van der Waals surface area contributed by atoms with E-state index in [4.69, 9.17) is 21.1 Å². The first kappa shape index (κ1) is 54.3. The van der Waals surface area contributed by atoms with Crippen molar-refractivity contribution in [3.8, 4) is 11.4 Å². The second-order valence-electron chi connectivity index (χ2n) is 12.7. The number of anilines is 1. The normalized spacial score (nSPS) is 9.48. The van der Waals surface area contributed by atoms with Gasteiger partial charge in [0.15, 0.2) is 27.4 Å². The Morgan fingerprint density at radius 3 is 1.38 bits per heavy atom. The molecule has 5 heterocycles. The van der Waals surface area contributed by atoms with Crippen molar-refractivity contribution in [2.45, 2.75) is 21.3 Å². The van der Waals surface area contributed by atoms with Crippen LogP contribution in [0.25, 0.3) is 54.5 Å². The van der Waals surface area contributed by atoms with Crippen molar-refractivity contribution in [2.75, 3.05) is 26.6 Å². The lowest BCUT2D eigenvalue weighted by atomic mass is 10.1. The number of ether oxygens (including phenoxy) is 1. The van der Waals surface area contributed by atoms with E-state index >= 15 is 0 Å². The van der Waals surface area contributed by atoms with E-state index in [2.05, 4.69) is 59.4 Å². The Balaban J connectivity index is 0.000000284. The number of aromatic nitrogens is 5. The third-order valence-corrected chi connectivity index (χ3v) is 9.05. The summed E-state index contributed by atoms with van der Waals surface area (Å²) in [5.41, 5.74) is 17.7. The lowest BCUT2D eigenvalue weighted by molar-refractivity contribution is 0.0595. The number of esters is 1. The summed E-state index contributed by atoms with van der Waals surface area (Å²) in [7, 11) is 2.35. The summed E-state index contributed by atoms with van der Waals surface area (Å²) in [6.45, 7) is 3.47. The number of aliphatic hydroxyl groups is 2. The van der Waals surface area contributed by atoms with Gasteiger partial charge < -0.3 is 37.3 Å². The molecule has 342 valence electrons. The highest BCUT2D eigenvalue weighted by Gasteiger charge is 2.11. The van der Waals surface area contributed by atoms with Gasteiger partial charge in [0.05, 0.1) is 12.8 Å². The van der Waals surface area contributed by atoms with Crippen molar-refractivity contribution in [2.24, 2.45) is 11.5 Å². The number of aromatic carboxylic acids is 1. The number of rotatable bonds is 4. The van der Waals surface area contributed by atoms with Gasteiger partial charge in [-0.05, 0) is 65.0 Å². The van der Waals surface area contributed by atoms with Gasteiger partial charge in [-0.25, -0.2) is 24.5 Å². The molecule has 9 rings (SSSR count). The van der Waals surface area contributed by atoms with Crippen molar-refractivity contribution >= 4 is 94.6 Å². The second kappa shape index (κ2) is 28.8. The number of carboxylic acids is 1. The van der Waals surface area contributed by atoms with Gasteiger partial charge in [0.25, 0.3) is 0 Å². The van der Waals surface area contributed by atoms with Crippen LogP contribution in [0, 0.1) is 0 Å². The zero-order chi connectivity index (χ0) is 47.7. The van der Waals surface area contributed by atoms with Crippen LogP contribution in [0.2, 0.25) is 0 Å². The number of carbonyl (C=O) groups excluding carboxylic acids is 2. The number of nitrogens with zero attached hydrogens (tertiary/aromatic N) is 5. The highest BCUT2D eigenvalue weighted by molar-refractivity contribution is 7.80. The minimum atomic E-state index is -0.989. The molecule has 17 heteroatoms. The molecule has 9 aromatic rings. The predicted octanol–water partition coefficient (Wildman–Crippen LogP) is 8.76. The summed E-state index contributed by atoms with van der Waals surface area (Å²) in [5.74, 6) is -1.38. The number of pyridine rings is 4. The Kier molecular flexibility index (Phi) is 23.7. The van der Waals surface area contributed by atoms with Crippen LogP contribution in [0.3, 0.4) is 0 Å². The van der Waals surface area contributed by atoms with Gasteiger partial charge >= 0.3 is 11.9 Å². The minimum absolute atomic E-state index is 0. The third kappa shape index (κ3) is 16.1. The van der Waals surface area contributed by atoms with Crippen LogP contribution in [0.4, 0.5) is 5.13 Å². The van der Waals surface area contributed by atoms with E-state index in [1.165, 1.54) is 37.0 Å². The summed E-state index contributed by atoms with van der Waals surface area (Å²) in [6, 6.07) is 38.3. The lowest BCUT2D eigenvalue weighted by Crippen LogP contribution is -2.18. The second-order valence-corrected chi connectivity index (χ2v) is 14.0. The first-order valence-electron chi connectivity index (χ1n) is 19.4. The zero-order valence-electron chi connectivity index (χ0n) is 35.9. The van der Waals surface area contributed by atoms with Crippen LogP contribution in [0.1, 0.15) is 52.7 Å². The molecule has 0 atom stereocenters. The van der Waals surface area contributed by atoms with E-state index in [9.17, 15) is 14.4 Å². The van der Waals surface area contributed by atoms with Crippen LogP contribution < -0.4 is 17.2 Å². The molecule has 0 unspecified atom stereocenters. The largest absolute Gasteiger partial charge is 0.476 e. The fraction of sp³-hybridized carbons (Fsp3) is 0.122. The predicted molar refractivity (Wildman–Crippen MR) is 269 cm³/mol. The maximum atomic E-state index is 11.3. The number of thiocarbonyl (C=S) groups is 1. The van der Waals surface area contributed by atoms with Crippen molar-refractivity contribution < 1.29 is 34.4 Å². The van der Waals surface area contributed by atoms with Crippen molar-refractivity contribution in [1.82, 2.24) is 24.9 Å². The summed E-state index contributed by atoms with van der Waals surface area (Å²) >= 11 is 5.53. The van der Waals surface area contributed by atoms with E-state index in [-0.39, 0.29) is 30.6 Å². The number of ketones is 1. The Morgan fingerprint density at radius 2 is 0.985 bits per heavy atom. The molecule has 5 aromatic heterocycles. The molecule has 0 saturated carbocycles. The van der Waals surface area contributed by atoms with Crippen molar-refractivity contribution in [3.05, 3.63) is 169 Å². The molecule has 0 bridgehead atoms. The monoisotopic (exact) mass is 928 g/mol. The molecule has 0 aliphatic carbocycles. The topological polar surface area (TPSA) is 264 Å². The minimum Gasteiger partial charge on any atom is -0.476 e. The van der Waals surface area contributed by atoms with Crippen LogP contribution >= 0.6 is 23.6 Å². The summed E-state index contributed by atoms with van der Waals surface area (Å²) in [5, 5.41) is 33.5. The molecule has 66 heavy (non-hydrogen) atoms. The Bertz CT molecular complexity index is 2850. The first-order valence-corrected chi connectivity index (χ1v) is 20.7. The fourth-order valence-electron chi connectivity index (χ4n) is 5.79. The molecule has 0 saturated heterocycles. The Morgan fingerprint density at radius 1 is 0.636 bits per heavy atom. The van der Waals surface area contributed by atoms with Gasteiger partial charge in [-0.2, -0.15) is 0 Å². The van der Waals surface area contributed by atoms with E-state index in [1.807, 2.05) is 102 Å². The summed E-state index contributed by atoms with van der Waals surface area (Å²) < 4.78 is 4.64. The number of thiazole rings is 1. The van der Waals surface area contributed by atoms with Crippen LogP contribution in [-0.4, -0.2) is 83.9 Å². The van der Waals surface area contributed by atoms with E-state index in [1.54, 1.807) is 43.7 Å². The maximum absolute atomic E-state index is 11.3. The van der Waals surface area contributed by atoms with Gasteiger partial charge in [0.1, 0.15) is 11.4 Å². The van der Waals surface area contributed by atoms with E-state index < -0.39 is 11.9 Å². The summed E-state index contributed by atoms with van der Waals surface area (Å²) in [6.07, 6.45) is 6.58. The van der Waals surface area contributed by atoms with Gasteiger partial charge in [0, 0.05) is 72.4 Å². The standard InChI is InChI=1S/C12H9N3S.C11H9NO2.C11H9NO.C10H7NO2.C2H6O.CH4N2S.CH4O.CH4/c13-12-15-10(7-16-12)11-9-4-2-1-3-8(9)5-6-14-11;1-14-11(13)10-9-5-3-2-4-8(9)6-7-12-10;1-8(13)11-10-5-3-2-4-9(10)6-7-12-11;12-10(13)9-8-4-2-1-3-7(8)5-6-11-9;1-2-3;2-1(3)4;1-2;/h1-7H,(H2,13,15);2-7H,1H3;2-7H,1H3;1-6H,(H,12,13);3H,2H2,1H3;(H4,2,3,4);2H,1H3;1H4. The number of Topliss-reactive ketones (excluding diaryl/α,β-unsaturated/α-hetero) is 1. The SMILES string of the molecule is C.CC(=O)c1nccc2ccccc12.CCO.CO.COC(=O)c1nccc2ccccc12.NC(N)=S.Nc1nc(-c2nccc3ccccc23)cs1.O=C(O)c1nccc2ccccc12. The van der Waals surface area contributed by atoms with E-state index in [0.29, 0.717) is 21.9 Å². The smallest absolute Gasteiger partial charge is 0.357 e. The summed E-state index contributed by atoms with van der Waals surface area (Å²) in [4.78, 5) is 53.8. The van der Waals surface area contributed by atoms with Crippen molar-refractivity contribution in [3.63, 3.8) is 0 Å². The van der Waals surface area contributed by atoms with Crippen LogP contribution in [-0.2, 0) is 4.74 Å². The van der Waals surface area contributed by atoms with Crippen LogP contribution in [0.15, 0.2) is 151 Å². The molecule has 0 aliphatic heterocycles. The Labute approximate surface area is 391 Å². The molecule has 0 aliphatic rings. The average Bonchev–Trinajstić information content (AvgIpc) is 3.77. The molecule has 0 fully saturated rings. The van der Waals surface area contributed by atoms with Gasteiger partial charge in [-0.1, -0.05) is 104 Å². The number of nitrogen functional groups attached to an aromatic ring is 1. The number of hydrogen-bond acceptors (Lipinski definition) is 14. The van der Waals surface area contributed by atoms with Gasteiger partial charge in [-0.3, -0.25) is 14.8 Å².